The van der Waals surface area contributed by atoms with Crippen molar-refractivity contribution in [2.45, 2.75) is 49.0 Å². The van der Waals surface area contributed by atoms with Crippen LogP contribution in [0.1, 0.15) is 25.0 Å². The Balaban J connectivity index is 1.86. The highest BCUT2D eigenvalue weighted by atomic mass is 16.7. The van der Waals surface area contributed by atoms with Crippen LogP contribution in [-0.2, 0) is 35.9 Å². The lowest BCUT2D eigenvalue weighted by atomic mass is 9.51. The van der Waals surface area contributed by atoms with Gasteiger partial charge < -0.3 is 34.6 Å². The Kier molecular flexibility index (Phi) is 2.96. The highest BCUT2D eigenvalue weighted by Crippen LogP contribution is 2.79. The molecule has 10 heteroatoms. The second kappa shape index (κ2) is 4.78. The van der Waals surface area contributed by atoms with Crippen molar-refractivity contribution in [3.05, 3.63) is 29.3 Å². The largest absolute Gasteiger partial charge is 0.468 e. The topological polar surface area (TPSA) is 137 Å². The number of hydrogen-bond acceptors (Lipinski definition) is 8. The number of carbonyl (C=O) groups excluding carboxylic acids is 3. The van der Waals surface area contributed by atoms with Crippen LogP contribution in [0.2, 0.25) is 0 Å². The summed E-state index contributed by atoms with van der Waals surface area (Å²) in [7, 11) is 2.62. The van der Waals surface area contributed by atoms with E-state index in [-0.39, 0.29) is 6.42 Å². The molecule has 0 unspecified atom stereocenters. The van der Waals surface area contributed by atoms with Gasteiger partial charge in [-0.05, 0) is 31.9 Å². The molecule has 5 aliphatic rings. The standard InChI is InChI=1S/C21H22N2O8/c1-17(2)11-8-9-6-5-7-10-12(9)19(15(26)22(10)3)18(11,16(27)30-4)21(29)20(28,31-19)13(24)14(25)23(17)21/h5-7,11,13,24,28-29H,8H2,1-4H3/t11-,13-,18-,19+,20+,21-/m0/s1. The summed E-state index contributed by atoms with van der Waals surface area (Å²) in [5.41, 5.74) is -6.84. The normalized spacial score (nSPS) is 45.3. The maximum Gasteiger partial charge on any atom is 0.321 e. The first kappa shape index (κ1) is 19.2. The molecule has 10 nitrogen and oxygen atoms in total. The average molecular weight is 430 g/mol. The third-order valence-electron chi connectivity index (χ3n) is 8.39. The van der Waals surface area contributed by atoms with E-state index >= 15 is 0 Å². The molecule has 3 fully saturated rings. The summed E-state index contributed by atoms with van der Waals surface area (Å²) in [6, 6.07) is 5.25. The van der Waals surface area contributed by atoms with Gasteiger partial charge in [0.05, 0.1) is 12.8 Å². The zero-order valence-electron chi connectivity index (χ0n) is 17.4. The molecule has 4 aliphatic heterocycles. The number of amides is 2. The van der Waals surface area contributed by atoms with E-state index in [9.17, 15) is 29.7 Å². The number of anilines is 1. The van der Waals surface area contributed by atoms with Gasteiger partial charge in [-0.1, -0.05) is 12.1 Å². The van der Waals surface area contributed by atoms with E-state index in [4.69, 9.17) is 9.47 Å². The fourth-order valence-electron chi connectivity index (χ4n) is 7.39. The summed E-state index contributed by atoms with van der Waals surface area (Å²) in [6.07, 6.45) is -1.98. The summed E-state index contributed by atoms with van der Waals surface area (Å²) in [6.45, 7) is 3.28. The predicted octanol–water partition coefficient (Wildman–Crippen LogP) is -1.41. The Labute approximate surface area is 176 Å². The van der Waals surface area contributed by atoms with Gasteiger partial charge in [-0.25, -0.2) is 0 Å². The molecule has 0 bridgehead atoms. The lowest BCUT2D eigenvalue weighted by molar-refractivity contribution is -0.311. The Hall–Kier alpha value is -2.53. The second-order valence-electron chi connectivity index (χ2n) is 9.61. The molecule has 1 aliphatic carbocycles. The minimum Gasteiger partial charge on any atom is -0.468 e. The summed E-state index contributed by atoms with van der Waals surface area (Å²) < 4.78 is 11.1. The molecule has 1 aromatic carbocycles. The molecule has 1 spiro atoms. The molecule has 6 rings (SSSR count). The van der Waals surface area contributed by atoms with Gasteiger partial charge in [0.1, 0.15) is 0 Å². The van der Waals surface area contributed by atoms with Gasteiger partial charge in [-0.15, -0.1) is 0 Å². The number of aliphatic hydroxyl groups excluding tert-OH is 1. The Morgan fingerprint density at radius 3 is 2.58 bits per heavy atom. The Bertz CT molecular complexity index is 1130. The fraction of sp³-hybridized carbons (Fsp3) is 0.571. The number of aliphatic hydroxyl groups is 3. The monoisotopic (exact) mass is 430 g/mol. The van der Waals surface area contributed by atoms with Gasteiger partial charge in [0, 0.05) is 24.1 Å². The fourth-order valence-corrected chi connectivity index (χ4v) is 7.39. The Morgan fingerprint density at radius 1 is 1.26 bits per heavy atom. The van der Waals surface area contributed by atoms with Crippen molar-refractivity contribution in [1.29, 1.82) is 0 Å². The SMILES string of the molecule is COC(=O)[C@@]12[C@H]3Cc4cccc5c4[C@@]1(O[C@]1(O)[C@@H](O)C(=O)N(C3(C)C)[C@]21O)C(=O)N5C. The van der Waals surface area contributed by atoms with Crippen LogP contribution in [0.4, 0.5) is 5.69 Å². The summed E-state index contributed by atoms with van der Waals surface area (Å²) in [5, 5.41) is 34.5. The molecule has 6 atom stereocenters. The van der Waals surface area contributed by atoms with E-state index in [1.807, 2.05) is 0 Å². The number of benzene rings is 1. The van der Waals surface area contributed by atoms with Crippen molar-refractivity contribution < 1.29 is 39.2 Å². The molecule has 4 heterocycles. The first-order valence-corrected chi connectivity index (χ1v) is 10.1. The van der Waals surface area contributed by atoms with Crippen molar-refractivity contribution in [2.75, 3.05) is 19.1 Å². The van der Waals surface area contributed by atoms with Gasteiger partial charge >= 0.3 is 5.97 Å². The molecule has 1 aromatic rings. The molecule has 2 amide bonds. The van der Waals surface area contributed by atoms with Crippen LogP contribution in [0, 0.1) is 11.3 Å². The number of likely N-dealkylation sites (N-methyl/N-ethyl adjacent to an activating group) is 1. The first-order valence-electron chi connectivity index (χ1n) is 10.1. The third-order valence-corrected chi connectivity index (χ3v) is 8.39. The zero-order chi connectivity index (χ0) is 22.5. The number of carbonyl (C=O) groups is 3. The maximum absolute atomic E-state index is 13.9. The molecule has 3 N–H and O–H groups in total. The summed E-state index contributed by atoms with van der Waals surface area (Å²) >= 11 is 0. The van der Waals surface area contributed by atoms with Crippen LogP contribution in [-0.4, -0.2) is 75.3 Å². The van der Waals surface area contributed by atoms with Crippen LogP contribution >= 0.6 is 0 Å². The number of rotatable bonds is 1. The molecule has 31 heavy (non-hydrogen) atoms. The highest BCUT2D eigenvalue weighted by Gasteiger charge is 3.00. The Morgan fingerprint density at radius 2 is 1.94 bits per heavy atom. The molecule has 164 valence electrons. The average Bonchev–Trinajstić information content (AvgIpc) is 3.20. The summed E-state index contributed by atoms with van der Waals surface area (Å²) in [4.78, 5) is 42.9. The van der Waals surface area contributed by atoms with Crippen molar-refractivity contribution in [3.8, 4) is 0 Å². The number of hydrogen-bond donors (Lipinski definition) is 3. The summed E-state index contributed by atoms with van der Waals surface area (Å²) in [5.74, 6) is -6.44. The molecule has 0 radical (unpaired) electrons. The van der Waals surface area contributed by atoms with E-state index < -0.39 is 57.9 Å². The van der Waals surface area contributed by atoms with E-state index in [0.29, 0.717) is 16.8 Å². The van der Waals surface area contributed by atoms with E-state index in [2.05, 4.69) is 0 Å². The van der Waals surface area contributed by atoms with Crippen molar-refractivity contribution >= 4 is 23.5 Å². The number of esters is 1. The quantitative estimate of drug-likeness (QED) is 0.463. The number of methoxy groups -OCH3 is 1. The lowest BCUT2D eigenvalue weighted by Crippen LogP contribution is -2.68. The van der Waals surface area contributed by atoms with Crippen molar-refractivity contribution in [1.82, 2.24) is 4.90 Å². The van der Waals surface area contributed by atoms with Crippen LogP contribution in [0.25, 0.3) is 0 Å². The van der Waals surface area contributed by atoms with Crippen LogP contribution in [0.15, 0.2) is 18.2 Å². The second-order valence-corrected chi connectivity index (χ2v) is 9.61. The molecule has 0 aromatic heterocycles. The van der Waals surface area contributed by atoms with Crippen molar-refractivity contribution in [3.63, 3.8) is 0 Å². The molecular formula is C21H22N2O8. The van der Waals surface area contributed by atoms with E-state index in [1.165, 1.54) is 11.9 Å². The zero-order valence-corrected chi connectivity index (χ0v) is 17.4. The van der Waals surface area contributed by atoms with Crippen LogP contribution < -0.4 is 4.90 Å². The first-order chi connectivity index (χ1) is 14.4. The minimum atomic E-state index is -2.93. The molecule has 3 saturated heterocycles. The minimum absolute atomic E-state index is 0.218. The third kappa shape index (κ3) is 1.36. The van der Waals surface area contributed by atoms with Crippen molar-refractivity contribution in [2.24, 2.45) is 11.3 Å². The maximum atomic E-state index is 13.9. The molecule has 0 saturated carbocycles. The van der Waals surface area contributed by atoms with Gasteiger partial charge in [0.15, 0.2) is 17.1 Å². The van der Waals surface area contributed by atoms with E-state index in [0.717, 1.165) is 12.0 Å². The van der Waals surface area contributed by atoms with Gasteiger partial charge in [0.2, 0.25) is 5.72 Å². The van der Waals surface area contributed by atoms with Gasteiger partial charge in [-0.3, -0.25) is 14.4 Å². The van der Waals surface area contributed by atoms with Crippen LogP contribution in [0.3, 0.4) is 0 Å². The number of nitrogens with zero attached hydrogens (tertiary/aromatic N) is 2. The van der Waals surface area contributed by atoms with E-state index in [1.54, 1.807) is 32.0 Å². The highest BCUT2D eigenvalue weighted by molar-refractivity contribution is 6.13. The van der Waals surface area contributed by atoms with Gasteiger partial charge in [0.25, 0.3) is 17.6 Å². The van der Waals surface area contributed by atoms with Gasteiger partial charge in [-0.2, -0.15) is 0 Å². The lowest BCUT2D eigenvalue weighted by Gasteiger charge is -2.48. The van der Waals surface area contributed by atoms with Crippen LogP contribution in [0.5, 0.6) is 0 Å². The number of ether oxygens (including phenoxy) is 2. The molecular weight excluding hydrogens is 408 g/mol. The predicted molar refractivity (Wildman–Crippen MR) is 101 cm³/mol. The smallest absolute Gasteiger partial charge is 0.321 e.